The second-order valence-corrected chi connectivity index (χ2v) is 9.06. The fraction of sp³-hybridized carbons (Fsp3) is 0.600. The van der Waals surface area contributed by atoms with Gasteiger partial charge in [0.05, 0.1) is 18.6 Å². The van der Waals surface area contributed by atoms with Crippen LogP contribution in [0.1, 0.15) is 18.9 Å². The molecule has 2 fully saturated rings. The smallest absolute Gasteiger partial charge is 0.227 e. The van der Waals surface area contributed by atoms with Gasteiger partial charge in [-0.15, -0.1) is 0 Å². The summed E-state index contributed by atoms with van der Waals surface area (Å²) in [6.45, 7) is 5.27. The molecule has 1 unspecified atom stereocenters. The molecule has 2 aliphatic rings. The van der Waals surface area contributed by atoms with Crippen LogP contribution in [0.5, 0.6) is 0 Å². The first-order valence-electron chi connectivity index (χ1n) is 9.71. The van der Waals surface area contributed by atoms with E-state index in [1.807, 2.05) is 17.0 Å². The van der Waals surface area contributed by atoms with Gasteiger partial charge >= 0.3 is 0 Å². The van der Waals surface area contributed by atoms with Gasteiger partial charge in [0, 0.05) is 68.1 Å². The Morgan fingerprint density at radius 3 is 2.43 bits per heavy atom. The summed E-state index contributed by atoms with van der Waals surface area (Å²) in [7, 11) is -1.03. The normalized spacial score (nSPS) is 24.4. The van der Waals surface area contributed by atoms with Crippen LogP contribution in [0.15, 0.2) is 29.2 Å². The van der Waals surface area contributed by atoms with Gasteiger partial charge in [0.2, 0.25) is 11.8 Å². The van der Waals surface area contributed by atoms with E-state index in [1.54, 1.807) is 30.2 Å². The van der Waals surface area contributed by atoms with Gasteiger partial charge < -0.3 is 14.9 Å². The minimum absolute atomic E-state index is 0.0294. The molecular formula is C20H29N3O4S. The first kappa shape index (κ1) is 21.0. The van der Waals surface area contributed by atoms with Crippen LogP contribution in [0.2, 0.25) is 0 Å². The van der Waals surface area contributed by atoms with Gasteiger partial charge in [0.25, 0.3) is 0 Å². The summed E-state index contributed by atoms with van der Waals surface area (Å²) < 4.78 is 11.5. The van der Waals surface area contributed by atoms with Crippen molar-refractivity contribution in [3.8, 4) is 0 Å². The molecule has 7 nitrogen and oxygen atoms in total. The van der Waals surface area contributed by atoms with Crippen LogP contribution in [-0.2, 0) is 26.8 Å². The third-order valence-electron chi connectivity index (χ3n) is 5.58. The van der Waals surface area contributed by atoms with Gasteiger partial charge in [-0.3, -0.25) is 18.7 Å². The lowest BCUT2D eigenvalue weighted by Crippen LogP contribution is -2.59. The predicted octanol–water partition coefficient (Wildman–Crippen LogP) is 0.0924. The number of amides is 2. The van der Waals surface area contributed by atoms with E-state index < -0.39 is 10.8 Å². The summed E-state index contributed by atoms with van der Waals surface area (Å²) in [6.07, 6.45) is 2.37. The maximum atomic E-state index is 13.0. The highest BCUT2D eigenvalue weighted by atomic mass is 32.2. The third-order valence-corrected chi connectivity index (χ3v) is 6.51. The highest BCUT2D eigenvalue weighted by Crippen LogP contribution is 2.18. The Morgan fingerprint density at radius 1 is 1.14 bits per heavy atom. The minimum atomic E-state index is -1.03. The molecule has 0 bridgehead atoms. The summed E-state index contributed by atoms with van der Waals surface area (Å²) in [5.41, 5.74) is 0.892. The van der Waals surface area contributed by atoms with Crippen LogP contribution in [0.25, 0.3) is 0 Å². The van der Waals surface area contributed by atoms with Gasteiger partial charge in [-0.25, -0.2) is 0 Å². The zero-order chi connectivity index (χ0) is 20.3. The standard InChI is InChI=1S/C20H29N3O4S/c1-15(24)22-9-10-23(17(13-22)12-21-8-7-18(25)14-21)20(26)11-16-3-5-19(6-4-16)28(2)27/h3-6,17-18,25H,7-14H2,1-2H3/t17-,18-,28?/m0/s1. The molecule has 2 saturated heterocycles. The average molecular weight is 408 g/mol. The molecule has 28 heavy (non-hydrogen) atoms. The van der Waals surface area contributed by atoms with E-state index in [9.17, 15) is 18.9 Å². The summed E-state index contributed by atoms with van der Waals surface area (Å²) >= 11 is 0. The lowest BCUT2D eigenvalue weighted by Gasteiger charge is -2.42. The number of carbonyl (C=O) groups is 2. The number of hydrogen-bond acceptors (Lipinski definition) is 5. The van der Waals surface area contributed by atoms with Crippen molar-refractivity contribution in [2.75, 3.05) is 45.5 Å². The molecule has 8 heteroatoms. The minimum Gasteiger partial charge on any atom is -0.392 e. The fourth-order valence-electron chi connectivity index (χ4n) is 3.98. The number of carbonyl (C=O) groups excluding carboxylic acids is 2. The monoisotopic (exact) mass is 407 g/mol. The SMILES string of the molecule is CC(=O)N1CCN(C(=O)Cc2ccc(S(C)=O)cc2)[C@@H](CN2CC[C@H](O)C2)C1. The molecule has 154 valence electrons. The Kier molecular flexibility index (Phi) is 6.85. The van der Waals surface area contributed by atoms with Crippen LogP contribution in [-0.4, -0.2) is 93.5 Å². The highest BCUT2D eigenvalue weighted by Gasteiger charge is 2.34. The van der Waals surface area contributed by atoms with Gasteiger partial charge in [-0.2, -0.15) is 0 Å². The lowest BCUT2D eigenvalue weighted by atomic mass is 10.1. The Bertz CT molecular complexity index is 739. The molecule has 0 saturated carbocycles. The lowest BCUT2D eigenvalue weighted by molar-refractivity contribution is -0.142. The second-order valence-electron chi connectivity index (χ2n) is 7.68. The third kappa shape index (κ3) is 5.18. The first-order valence-corrected chi connectivity index (χ1v) is 11.3. The molecule has 2 aliphatic heterocycles. The molecular weight excluding hydrogens is 378 g/mol. The maximum Gasteiger partial charge on any atom is 0.227 e. The van der Waals surface area contributed by atoms with Crippen LogP contribution in [0, 0.1) is 0 Å². The van der Waals surface area contributed by atoms with Crippen molar-refractivity contribution in [2.45, 2.75) is 36.8 Å². The van der Waals surface area contributed by atoms with E-state index in [0.29, 0.717) is 32.7 Å². The van der Waals surface area contributed by atoms with Gasteiger partial charge in [-0.1, -0.05) is 12.1 Å². The number of aliphatic hydroxyl groups excluding tert-OH is 1. The van der Waals surface area contributed by atoms with Crippen molar-refractivity contribution in [1.82, 2.24) is 14.7 Å². The molecule has 0 spiro atoms. The number of hydrogen-bond donors (Lipinski definition) is 1. The number of likely N-dealkylation sites (tertiary alicyclic amines) is 1. The Hall–Kier alpha value is -1.77. The largest absolute Gasteiger partial charge is 0.392 e. The number of rotatable bonds is 5. The summed E-state index contributed by atoms with van der Waals surface area (Å²) in [5, 5.41) is 9.79. The molecule has 0 aromatic heterocycles. The first-order chi connectivity index (χ1) is 13.3. The molecule has 1 N–H and O–H groups in total. The van der Waals surface area contributed by atoms with E-state index in [1.165, 1.54) is 0 Å². The average Bonchev–Trinajstić information content (AvgIpc) is 3.06. The molecule has 2 heterocycles. The quantitative estimate of drug-likeness (QED) is 0.748. The van der Waals surface area contributed by atoms with E-state index >= 15 is 0 Å². The van der Waals surface area contributed by atoms with Crippen molar-refractivity contribution in [3.05, 3.63) is 29.8 Å². The molecule has 3 rings (SSSR count). The van der Waals surface area contributed by atoms with Gasteiger partial charge in [-0.05, 0) is 24.1 Å². The van der Waals surface area contributed by atoms with Crippen LogP contribution < -0.4 is 0 Å². The van der Waals surface area contributed by atoms with Crippen LogP contribution >= 0.6 is 0 Å². The maximum absolute atomic E-state index is 13.0. The summed E-state index contributed by atoms with van der Waals surface area (Å²) in [4.78, 5) is 31.4. The van der Waals surface area contributed by atoms with Crippen molar-refractivity contribution < 1.29 is 18.9 Å². The number of β-amino-alcohol motifs (C(OH)–C–C–N with tert-alkyl or cyclic N) is 1. The Morgan fingerprint density at radius 2 is 1.86 bits per heavy atom. The number of piperazine rings is 1. The second kappa shape index (κ2) is 9.15. The molecule has 3 atom stereocenters. The van der Waals surface area contributed by atoms with Crippen molar-refractivity contribution in [2.24, 2.45) is 0 Å². The summed E-state index contributed by atoms with van der Waals surface area (Å²) in [5.74, 6) is 0.0695. The molecule has 0 aliphatic carbocycles. The summed E-state index contributed by atoms with van der Waals surface area (Å²) in [6, 6.07) is 7.24. The topological polar surface area (TPSA) is 81.2 Å². The predicted molar refractivity (Wildman–Crippen MR) is 107 cm³/mol. The molecule has 2 amide bonds. The zero-order valence-corrected chi connectivity index (χ0v) is 17.4. The van der Waals surface area contributed by atoms with Crippen LogP contribution in [0.3, 0.4) is 0 Å². The Labute approximate surface area is 168 Å². The van der Waals surface area contributed by atoms with Crippen LogP contribution in [0.4, 0.5) is 0 Å². The fourth-order valence-corrected chi connectivity index (χ4v) is 4.50. The van der Waals surface area contributed by atoms with E-state index in [0.717, 1.165) is 23.4 Å². The molecule has 0 radical (unpaired) electrons. The molecule has 1 aromatic carbocycles. The zero-order valence-electron chi connectivity index (χ0n) is 16.5. The Balaban J connectivity index is 1.68. The highest BCUT2D eigenvalue weighted by molar-refractivity contribution is 7.84. The number of aliphatic hydroxyl groups is 1. The molecule has 1 aromatic rings. The van der Waals surface area contributed by atoms with Gasteiger partial charge in [0.15, 0.2) is 0 Å². The van der Waals surface area contributed by atoms with E-state index in [2.05, 4.69) is 4.90 Å². The van der Waals surface area contributed by atoms with E-state index in [-0.39, 0.29) is 30.4 Å². The number of nitrogens with zero attached hydrogens (tertiary/aromatic N) is 3. The van der Waals surface area contributed by atoms with Crippen molar-refractivity contribution in [1.29, 1.82) is 0 Å². The van der Waals surface area contributed by atoms with E-state index in [4.69, 9.17) is 0 Å². The van der Waals surface area contributed by atoms with Crippen molar-refractivity contribution in [3.63, 3.8) is 0 Å². The number of benzene rings is 1. The van der Waals surface area contributed by atoms with Crippen molar-refractivity contribution >= 4 is 22.6 Å². The van der Waals surface area contributed by atoms with Gasteiger partial charge in [0.1, 0.15) is 0 Å².